The smallest absolute Gasteiger partial charge is 0.408 e. The number of alkyl carbamates (subject to hydrolysis) is 1. The lowest BCUT2D eigenvalue weighted by molar-refractivity contribution is -0.155. The highest BCUT2D eigenvalue weighted by Gasteiger charge is 2.71. The first kappa shape index (κ1) is 23.9. The molecule has 2 rings (SSSR count). The molecule has 30 heavy (non-hydrogen) atoms. The molecule has 0 heterocycles. The number of hydrogen-bond donors (Lipinski definition) is 4. The van der Waals surface area contributed by atoms with Crippen molar-refractivity contribution in [3.05, 3.63) is 0 Å². The zero-order valence-corrected chi connectivity index (χ0v) is 18.4. The number of esters is 1. The van der Waals surface area contributed by atoms with E-state index in [1.165, 1.54) is 6.92 Å². The predicted molar refractivity (Wildman–Crippen MR) is 106 cm³/mol. The van der Waals surface area contributed by atoms with Crippen LogP contribution in [0.25, 0.3) is 0 Å². The number of aliphatic hydroxyl groups is 1. The maximum absolute atomic E-state index is 12.7. The van der Waals surface area contributed by atoms with Gasteiger partial charge in [-0.05, 0) is 46.5 Å². The number of aliphatic hydroxyl groups excluding tert-OH is 1. The lowest BCUT2D eigenvalue weighted by Crippen LogP contribution is -2.61. The average molecular weight is 427 g/mol. The summed E-state index contributed by atoms with van der Waals surface area (Å²) in [5, 5.41) is 17.8. The van der Waals surface area contributed by atoms with Crippen LogP contribution in [-0.2, 0) is 23.9 Å². The molecule has 0 spiro atoms. The minimum absolute atomic E-state index is 0.0577. The highest BCUT2D eigenvalue weighted by molar-refractivity contribution is 5.94. The van der Waals surface area contributed by atoms with E-state index in [0.717, 1.165) is 0 Å². The largest absolute Gasteiger partial charge is 0.464 e. The molecule has 0 aromatic heterocycles. The third-order valence-electron chi connectivity index (χ3n) is 5.54. The molecule has 10 nitrogen and oxygen atoms in total. The lowest BCUT2D eigenvalue weighted by Gasteiger charge is -2.32. The van der Waals surface area contributed by atoms with Gasteiger partial charge in [-0.1, -0.05) is 6.92 Å². The van der Waals surface area contributed by atoms with Crippen molar-refractivity contribution in [3.8, 4) is 0 Å². The molecule has 6 atom stereocenters. The van der Waals surface area contributed by atoms with E-state index < -0.39 is 47.2 Å². The number of hydrogen-bond acceptors (Lipinski definition) is 7. The second-order valence-corrected chi connectivity index (χ2v) is 9.06. The Kier molecular flexibility index (Phi) is 7.01. The van der Waals surface area contributed by atoms with E-state index in [9.17, 15) is 24.3 Å². The molecule has 10 heteroatoms. The van der Waals surface area contributed by atoms with Crippen LogP contribution in [0.1, 0.15) is 48.0 Å². The molecule has 2 saturated carbocycles. The van der Waals surface area contributed by atoms with Gasteiger partial charge in [0.1, 0.15) is 23.7 Å². The van der Waals surface area contributed by atoms with E-state index in [1.807, 2.05) is 6.92 Å². The number of rotatable bonds is 7. The molecule has 3 amide bonds. The first-order chi connectivity index (χ1) is 13.8. The molecule has 0 aliphatic heterocycles. The van der Waals surface area contributed by atoms with Crippen molar-refractivity contribution in [2.45, 2.75) is 71.2 Å². The molecular formula is C20H33N3O7. The first-order valence-corrected chi connectivity index (χ1v) is 10.3. The summed E-state index contributed by atoms with van der Waals surface area (Å²) in [6, 6.07) is -0.963. The van der Waals surface area contributed by atoms with Crippen molar-refractivity contribution in [2.75, 3.05) is 13.2 Å². The van der Waals surface area contributed by atoms with E-state index in [1.54, 1.807) is 27.7 Å². The predicted octanol–water partition coefficient (Wildman–Crippen LogP) is 0.0806. The van der Waals surface area contributed by atoms with Gasteiger partial charge in [0, 0.05) is 12.3 Å². The summed E-state index contributed by atoms with van der Waals surface area (Å²) in [6.07, 6.45) is -1.36. The van der Waals surface area contributed by atoms with Crippen molar-refractivity contribution in [1.82, 2.24) is 16.0 Å². The molecule has 4 N–H and O–H groups in total. The zero-order valence-electron chi connectivity index (χ0n) is 18.4. The van der Waals surface area contributed by atoms with Gasteiger partial charge >= 0.3 is 12.1 Å². The minimum atomic E-state index is -1.30. The van der Waals surface area contributed by atoms with Gasteiger partial charge in [-0.15, -0.1) is 0 Å². The summed E-state index contributed by atoms with van der Waals surface area (Å²) in [5.74, 6) is -1.90. The molecular weight excluding hydrogens is 394 g/mol. The summed E-state index contributed by atoms with van der Waals surface area (Å²) in [5.41, 5.74) is -2.00. The zero-order chi connectivity index (χ0) is 22.9. The minimum Gasteiger partial charge on any atom is -0.464 e. The van der Waals surface area contributed by atoms with Crippen molar-refractivity contribution in [1.29, 1.82) is 0 Å². The third-order valence-corrected chi connectivity index (χ3v) is 5.54. The van der Waals surface area contributed by atoms with E-state index in [-0.39, 0.29) is 37.3 Å². The van der Waals surface area contributed by atoms with E-state index in [4.69, 9.17) is 9.47 Å². The molecule has 0 unspecified atom stereocenters. The van der Waals surface area contributed by atoms with Crippen molar-refractivity contribution in [3.63, 3.8) is 0 Å². The monoisotopic (exact) mass is 427 g/mol. The van der Waals surface area contributed by atoms with Crippen LogP contribution in [-0.4, -0.2) is 65.4 Å². The summed E-state index contributed by atoms with van der Waals surface area (Å²) in [7, 11) is 0. The van der Waals surface area contributed by atoms with Crippen LogP contribution >= 0.6 is 0 Å². The van der Waals surface area contributed by atoms with Crippen LogP contribution in [0, 0.1) is 17.8 Å². The van der Waals surface area contributed by atoms with Gasteiger partial charge in [0.25, 0.3) is 0 Å². The second-order valence-electron chi connectivity index (χ2n) is 9.06. The molecule has 0 aromatic carbocycles. The van der Waals surface area contributed by atoms with Gasteiger partial charge in [-0.3, -0.25) is 9.59 Å². The number of fused-ring (bicyclic) bond motifs is 1. The van der Waals surface area contributed by atoms with E-state index in [2.05, 4.69) is 16.0 Å². The highest BCUT2D eigenvalue weighted by Crippen LogP contribution is 2.62. The first-order valence-electron chi connectivity index (χ1n) is 10.3. The van der Waals surface area contributed by atoms with Crippen molar-refractivity contribution < 1.29 is 33.8 Å². The Hall–Kier alpha value is -2.36. The number of carbonyl (C=O) groups is 4. The molecule has 0 radical (unpaired) electrons. The summed E-state index contributed by atoms with van der Waals surface area (Å²) in [6.45, 7) is 9.95. The lowest BCUT2D eigenvalue weighted by atomic mass is 9.89. The van der Waals surface area contributed by atoms with Crippen LogP contribution in [0.15, 0.2) is 0 Å². The third kappa shape index (κ3) is 5.21. The number of carbonyl (C=O) groups excluding carboxylic acids is 4. The van der Waals surface area contributed by atoms with Gasteiger partial charge in [0.05, 0.1) is 12.7 Å². The van der Waals surface area contributed by atoms with Gasteiger partial charge in [0.15, 0.2) is 0 Å². The van der Waals surface area contributed by atoms with Crippen LogP contribution in [0.2, 0.25) is 0 Å². The van der Waals surface area contributed by atoms with Crippen molar-refractivity contribution >= 4 is 23.9 Å². The Morgan fingerprint density at radius 3 is 2.37 bits per heavy atom. The number of amides is 3. The van der Waals surface area contributed by atoms with Crippen LogP contribution in [0.3, 0.4) is 0 Å². The fourth-order valence-electron chi connectivity index (χ4n) is 4.28. The Balaban J connectivity index is 1.94. The van der Waals surface area contributed by atoms with Gasteiger partial charge in [-0.2, -0.15) is 0 Å². The normalized spacial score (nSPS) is 30.5. The van der Waals surface area contributed by atoms with Gasteiger partial charge in [0.2, 0.25) is 11.8 Å². The van der Waals surface area contributed by atoms with Crippen LogP contribution in [0.5, 0.6) is 0 Å². The van der Waals surface area contributed by atoms with Gasteiger partial charge < -0.3 is 30.5 Å². The molecule has 2 aliphatic rings. The second kappa shape index (κ2) is 8.79. The molecule has 2 aliphatic carbocycles. The van der Waals surface area contributed by atoms with E-state index >= 15 is 0 Å². The average Bonchev–Trinajstić information content (AvgIpc) is 3.19. The van der Waals surface area contributed by atoms with Crippen molar-refractivity contribution in [2.24, 2.45) is 17.8 Å². The summed E-state index contributed by atoms with van der Waals surface area (Å²) in [4.78, 5) is 49.1. The standard InChI is InChI=1S/C20H33N3O7/c1-7-29-17(27)20(8-12(24)14-10(2)15(14)20)23-16(26)11(3)22-13(25)9-21-18(28)30-19(4,5)6/h10-12,14-15,24H,7-9H2,1-6H3,(H,21,28)(H,22,25)(H,23,26)/t10-,11-,12-,14+,15+,20-/m0/s1. The summed E-state index contributed by atoms with van der Waals surface area (Å²) >= 11 is 0. The SMILES string of the molecule is CCOC(=O)[C@]1(NC(=O)[C@H](C)NC(=O)CNC(=O)OC(C)(C)C)C[C@H](O)[C@H]2[C@H](C)[C@H]21. The quantitative estimate of drug-likeness (QED) is 0.421. The van der Waals surface area contributed by atoms with Gasteiger partial charge in [-0.25, -0.2) is 9.59 Å². The molecule has 170 valence electrons. The number of nitrogens with one attached hydrogen (secondary N) is 3. The Bertz CT molecular complexity index is 705. The molecule has 2 fully saturated rings. The maximum atomic E-state index is 12.7. The summed E-state index contributed by atoms with van der Waals surface area (Å²) < 4.78 is 10.2. The maximum Gasteiger partial charge on any atom is 0.408 e. The molecule has 0 aromatic rings. The highest BCUT2D eigenvalue weighted by atomic mass is 16.6. The Morgan fingerprint density at radius 2 is 1.87 bits per heavy atom. The fourth-order valence-corrected chi connectivity index (χ4v) is 4.28. The fraction of sp³-hybridized carbons (Fsp3) is 0.800. The van der Waals surface area contributed by atoms with Crippen LogP contribution < -0.4 is 16.0 Å². The van der Waals surface area contributed by atoms with Crippen LogP contribution in [0.4, 0.5) is 4.79 Å². The molecule has 0 saturated heterocycles. The molecule has 0 bridgehead atoms. The van der Waals surface area contributed by atoms with E-state index in [0.29, 0.717) is 0 Å². The number of ether oxygens (including phenoxy) is 2. The Labute approximate surface area is 176 Å². The topological polar surface area (TPSA) is 143 Å². The Morgan fingerprint density at radius 1 is 1.23 bits per heavy atom.